The summed E-state index contributed by atoms with van der Waals surface area (Å²) in [7, 11) is 3.16. The van der Waals surface area contributed by atoms with E-state index in [1.165, 1.54) is 7.11 Å². The molecular weight excluding hydrogens is 462 g/mol. The molecule has 9 heteroatoms. The molecule has 0 bridgehead atoms. The van der Waals surface area contributed by atoms with Gasteiger partial charge in [0.15, 0.2) is 0 Å². The number of likely N-dealkylation sites (N-methyl/N-ethyl adjacent to an activating group) is 1. The molecule has 2 aliphatic carbocycles. The molecule has 9 nitrogen and oxygen atoms in total. The number of nitrogens with zero attached hydrogens (tertiary/aromatic N) is 1. The van der Waals surface area contributed by atoms with Gasteiger partial charge in [-0.15, -0.1) is 0 Å². The number of nitrogen functional groups attached to an aromatic ring is 1. The lowest BCUT2D eigenvalue weighted by Gasteiger charge is -2.40. The van der Waals surface area contributed by atoms with Crippen LogP contribution in [-0.4, -0.2) is 61.3 Å². The molecule has 1 atom stereocenters. The minimum absolute atomic E-state index is 0.0297. The van der Waals surface area contributed by atoms with E-state index >= 15 is 0 Å². The van der Waals surface area contributed by atoms with Gasteiger partial charge in [0.05, 0.1) is 19.3 Å². The minimum atomic E-state index is -0.638. The second-order valence-corrected chi connectivity index (χ2v) is 11.0. The highest BCUT2D eigenvalue weighted by Gasteiger charge is 2.38. The lowest BCUT2D eigenvalue weighted by Crippen LogP contribution is -2.55. The molecule has 0 spiro atoms. The number of amides is 2. The summed E-state index contributed by atoms with van der Waals surface area (Å²) >= 11 is 0. The molecule has 2 saturated carbocycles. The fourth-order valence-electron chi connectivity index (χ4n) is 4.83. The van der Waals surface area contributed by atoms with E-state index in [9.17, 15) is 14.4 Å². The van der Waals surface area contributed by atoms with Gasteiger partial charge in [-0.2, -0.15) is 0 Å². The molecule has 3 N–H and O–H groups in total. The number of methoxy groups -OCH3 is 1. The summed E-state index contributed by atoms with van der Waals surface area (Å²) in [4.78, 5) is 39.6. The van der Waals surface area contributed by atoms with Crippen LogP contribution in [0.15, 0.2) is 18.2 Å². The normalized spacial score (nSPS) is 21.0. The predicted octanol–water partition coefficient (Wildman–Crippen LogP) is 4.14. The van der Waals surface area contributed by atoms with Gasteiger partial charge in [-0.25, -0.2) is 9.59 Å². The number of anilines is 1. The summed E-state index contributed by atoms with van der Waals surface area (Å²) in [6, 6.07) is 4.51. The van der Waals surface area contributed by atoms with Crippen molar-refractivity contribution in [3.8, 4) is 5.75 Å². The molecule has 0 aliphatic heterocycles. The number of alkyl carbamates (subject to hydrolysis) is 1. The summed E-state index contributed by atoms with van der Waals surface area (Å²) in [5.41, 5.74) is 6.05. The van der Waals surface area contributed by atoms with Gasteiger partial charge >= 0.3 is 12.1 Å². The van der Waals surface area contributed by atoms with E-state index in [1.807, 2.05) is 27.8 Å². The van der Waals surface area contributed by atoms with Crippen molar-refractivity contribution >= 4 is 23.7 Å². The summed E-state index contributed by atoms with van der Waals surface area (Å²) in [5, 5.41) is 2.89. The highest BCUT2D eigenvalue weighted by atomic mass is 16.6. The number of rotatable bonds is 8. The van der Waals surface area contributed by atoms with Crippen molar-refractivity contribution in [2.75, 3.05) is 26.5 Å². The summed E-state index contributed by atoms with van der Waals surface area (Å²) in [6.07, 6.45) is 5.91. The first-order valence-electron chi connectivity index (χ1n) is 12.8. The number of esters is 1. The van der Waals surface area contributed by atoms with Crippen molar-refractivity contribution in [1.29, 1.82) is 0 Å². The number of nitrogens with two attached hydrogens (primary N) is 1. The maximum Gasteiger partial charge on any atom is 0.408 e. The largest absolute Gasteiger partial charge is 0.493 e. The topological polar surface area (TPSA) is 120 Å². The van der Waals surface area contributed by atoms with Crippen molar-refractivity contribution in [3.05, 3.63) is 23.8 Å². The first kappa shape index (κ1) is 27.6. The lowest BCUT2D eigenvalue weighted by molar-refractivity contribution is -0.137. The van der Waals surface area contributed by atoms with E-state index < -0.39 is 23.7 Å². The second kappa shape index (κ2) is 11.8. The molecule has 0 unspecified atom stereocenters. The van der Waals surface area contributed by atoms with Crippen molar-refractivity contribution in [1.82, 2.24) is 10.2 Å². The van der Waals surface area contributed by atoms with E-state index in [2.05, 4.69) is 5.32 Å². The van der Waals surface area contributed by atoms with Crippen LogP contribution < -0.4 is 15.8 Å². The third kappa shape index (κ3) is 7.51. The Labute approximate surface area is 214 Å². The average molecular weight is 504 g/mol. The number of benzene rings is 1. The van der Waals surface area contributed by atoms with Crippen LogP contribution in [0.2, 0.25) is 0 Å². The Kier molecular flexibility index (Phi) is 9.08. The van der Waals surface area contributed by atoms with Gasteiger partial charge < -0.3 is 30.2 Å². The van der Waals surface area contributed by atoms with Gasteiger partial charge in [0.1, 0.15) is 17.4 Å². The zero-order valence-corrected chi connectivity index (χ0v) is 22.2. The van der Waals surface area contributed by atoms with Crippen LogP contribution in [0.3, 0.4) is 0 Å². The molecule has 0 heterocycles. The van der Waals surface area contributed by atoms with Crippen LogP contribution in [0.5, 0.6) is 5.75 Å². The molecular formula is C27H41N3O6. The summed E-state index contributed by atoms with van der Waals surface area (Å²) in [6.45, 7) is 5.91. The molecule has 0 saturated heterocycles. The Morgan fingerprint density at radius 3 is 2.31 bits per heavy atom. The average Bonchev–Trinajstić information content (AvgIpc) is 2.78. The van der Waals surface area contributed by atoms with Gasteiger partial charge in [-0.3, -0.25) is 4.79 Å². The van der Waals surface area contributed by atoms with Crippen LogP contribution in [0.1, 0.15) is 76.1 Å². The molecule has 1 aromatic rings. The Morgan fingerprint density at radius 1 is 1.08 bits per heavy atom. The number of carbonyl (C=O) groups is 3. The molecule has 0 aromatic heterocycles. The molecule has 1 aromatic carbocycles. The van der Waals surface area contributed by atoms with Crippen LogP contribution in [0.4, 0.5) is 10.5 Å². The zero-order valence-electron chi connectivity index (χ0n) is 22.2. The van der Waals surface area contributed by atoms with Crippen LogP contribution in [0.25, 0.3) is 0 Å². The third-order valence-electron chi connectivity index (χ3n) is 7.11. The third-order valence-corrected chi connectivity index (χ3v) is 7.11. The molecule has 2 amide bonds. The Hall–Kier alpha value is -2.97. The quantitative estimate of drug-likeness (QED) is 0.404. The molecule has 0 radical (unpaired) electrons. The summed E-state index contributed by atoms with van der Waals surface area (Å²) < 4.78 is 16.2. The maximum absolute atomic E-state index is 13.4. The van der Waals surface area contributed by atoms with Crippen LogP contribution in [-0.2, 0) is 14.3 Å². The van der Waals surface area contributed by atoms with Gasteiger partial charge in [0.2, 0.25) is 5.91 Å². The van der Waals surface area contributed by atoms with Crippen LogP contribution in [0, 0.1) is 11.8 Å². The Morgan fingerprint density at radius 2 is 1.75 bits per heavy atom. The fraction of sp³-hybridized carbons (Fsp3) is 0.667. The molecule has 200 valence electrons. The number of carbonyl (C=O) groups excluding carboxylic acids is 3. The van der Waals surface area contributed by atoms with Crippen molar-refractivity contribution in [2.24, 2.45) is 11.8 Å². The van der Waals surface area contributed by atoms with E-state index in [0.29, 0.717) is 29.5 Å². The van der Waals surface area contributed by atoms with E-state index in [-0.39, 0.29) is 17.9 Å². The molecule has 2 aliphatic rings. The predicted molar refractivity (Wildman–Crippen MR) is 137 cm³/mol. The molecule has 36 heavy (non-hydrogen) atoms. The van der Waals surface area contributed by atoms with Gasteiger partial charge in [-0.05, 0) is 89.7 Å². The fourth-order valence-corrected chi connectivity index (χ4v) is 4.83. The minimum Gasteiger partial charge on any atom is -0.493 e. The molecule has 2 fully saturated rings. The van der Waals surface area contributed by atoms with Gasteiger partial charge in [0.25, 0.3) is 0 Å². The molecule has 3 rings (SSSR count). The van der Waals surface area contributed by atoms with E-state index in [4.69, 9.17) is 19.9 Å². The summed E-state index contributed by atoms with van der Waals surface area (Å²) in [5.74, 6) is 0.348. The maximum atomic E-state index is 13.4. The van der Waals surface area contributed by atoms with E-state index in [0.717, 1.165) is 44.9 Å². The number of nitrogens with one attached hydrogen (secondary N) is 1. The highest BCUT2D eigenvalue weighted by molar-refractivity contribution is 5.91. The van der Waals surface area contributed by atoms with Gasteiger partial charge in [0, 0.05) is 24.8 Å². The number of hydrogen-bond donors (Lipinski definition) is 2. The number of hydrogen-bond acceptors (Lipinski definition) is 7. The van der Waals surface area contributed by atoms with Crippen molar-refractivity contribution in [2.45, 2.75) is 83.4 Å². The van der Waals surface area contributed by atoms with Crippen molar-refractivity contribution in [3.63, 3.8) is 0 Å². The Bertz CT molecular complexity index is 932. The monoisotopic (exact) mass is 503 g/mol. The smallest absolute Gasteiger partial charge is 0.408 e. The van der Waals surface area contributed by atoms with E-state index in [1.54, 1.807) is 23.1 Å². The first-order chi connectivity index (χ1) is 17.0. The van der Waals surface area contributed by atoms with Crippen molar-refractivity contribution < 1.29 is 28.6 Å². The lowest BCUT2D eigenvalue weighted by atomic mass is 9.78. The Balaban J connectivity index is 1.59. The number of ether oxygens (including phenoxy) is 3. The zero-order chi connectivity index (χ0) is 26.5. The second-order valence-electron chi connectivity index (χ2n) is 11.0. The standard InChI is InChI=1S/C27H41N3O6/c1-27(2,3)36-26(33)29-23(24(31)30(4)21-7-6-8-21)18-11-9-17(10-12-18)16-35-22-14-19(25(32)34-5)13-20(28)15-22/h13-15,17-18,21,23H,6-12,16,28H2,1-5H3,(H,29,33)/t17?,18?,23-/m0/s1. The highest BCUT2D eigenvalue weighted by Crippen LogP contribution is 2.34. The van der Waals surface area contributed by atoms with Crippen LogP contribution >= 0.6 is 0 Å². The SMILES string of the molecule is COC(=O)c1cc(N)cc(OCC2CCC([C@H](NC(=O)OC(C)(C)C)C(=O)N(C)C3CCC3)CC2)c1. The first-order valence-corrected chi connectivity index (χ1v) is 12.8. The van der Waals surface area contributed by atoms with Gasteiger partial charge in [-0.1, -0.05) is 0 Å².